The molecule has 0 atom stereocenters. The Morgan fingerprint density at radius 2 is 2.55 bits per heavy atom. The summed E-state index contributed by atoms with van der Waals surface area (Å²) < 4.78 is 0. The normalized spacial score (nSPS) is 10.3. The Balaban J connectivity index is 3.10. The molecule has 5 heteroatoms. The first kappa shape index (κ1) is 10.3. The van der Waals surface area contributed by atoms with Crippen LogP contribution in [-0.4, -0.2) is 24.3 Å². The van der Waals surface area contributed by atoms with Crippen molar-refractivity contribution < 1.29 is 9.63 Å². The van der Waals surface area contributed by atoms with Crippen LogP contribution in [0.1, 0.15) is 12.8 Å². The van der Waals surface area contributed by atoms with Gasteiger partial charge in [-0.2, -0.15) is 11.8 Å². The second-order valence-corrected chi connectivity index (χ2v) is 2.82. The predicted molar refractivity (Wildman–Crippen MR) is 46.8 cm³/mol. The first-order chi connectivity index (χ1) is 5.27. The third kappa shape index (κ3) is 9.29. The molecule has 0 heterocycles. The maximum atomic E-state index is 9.97. The van der Waals surface area contributed by atoms with Crippen molar-refractivity contribution in [2.24, 2.45) is 10.9 Å². The van der Waals surface area contributed by atoms with E-state index < -0.39 is 6.09 Å². The van der Waals surface area contributed by atoms with Crippen LogP contribution in [0.15, 0.2) is 5.16 Å². The zero-order chi connectivity index (χ0) is 8.53. The van der Waals surface area contributed by atoms with Crippen LogP contribution in [0.25, 0.3) is 0 Å². The van der Waals surface area contributed by atoms with Crippen LogP contribution in [0, 0.1) is 0 Å². The smallest absolute Gasteiger partial charge is 0.333 e. The van der Waals surface area contributed by atoms with Gasteiger partial charge in [0.1, 0.15) is 0 Å². The van der Waals surface area contributed by atoms with Crippen LogP contribution in [-0.2, 0) is 4.84 Å². The minimum atomic E-state index is -0.869. The molecule has 0 rings (SSSR count). The number of carbonyl (C=O) groups is 1. The van der Waals surface area contributed by atoms with Gasteiger partial charge in [0.25, 0.3) is 0 Å². The lowest BCUT2D eigenvalue weighted by Gasteiger charge is -1.90. The molecule has 4 nitrogen and oxygen atoms in total. The van der Waals surface area contributed by atoms with E-state index in [1.807, 2.05) is 6.26 Å². The molecule has 0 fully saturated rings. The van der Waals surface area contributed by atoms with Crippen molar-refractivity contribution in [3.8, 4) is 0 Å². The van der Waals surface area contributed by atoms with E-state index in [4.69, 9.17) is 0 Å². The highest BCUT2D eigenvalue weighted by Gasteiger charge is 1.86. The second-order valence-electron chi connectivity index (χ2n) is 1.83. The average Bonchev–Trinajstić information content (AvgIpc) is 1.96. The molecule has 0 radical (unpaired) electrons. The first-order valence-electron chi connectivity index (χ1n) is 3.24. The van der Waals surface area contributed by atoms with Crippen LogP contribution < -0.4 is 5.73 Å². The van der Waals surface area contributed by atoms with Crippen LogP contribution >= 0.6 is 11.8 Å². The minimum Gasteiger partial charge on any atom is -0.333 e. The molecule has 64 valence electrons. The Bertz CT molecular complexity index is 139. The van der Waals surface area contributed by atoms with Crippen LogP contribution in [0.3, 0.4) is 0 Å². The molecule has 0 aliphatic rings. The quantitative estimate of drug-likeness (QED) is 0.296. The number of carbonyl (C=O) groups excluding carboxylic acids is 1. The van der Waals surface area contributed by atoms with Crippen LogP contribution in [0.5, 0.6) is 0 Å². The van der Waals surface area contributed by atoms with E-state index in [-0.39, 0.29) is 0 Å². The van der Waals surface area contributed by atoms with E-state index in [0.717, 1.165) is 18.6 Å². The predicted octanol–water partition coefficient (Wildman–Crippen LogP) is 1.21. The Kier molecular flexibility index (Phi) is 6.92. The highest BCUT2D eigenvalue weighted by molar-refractivity contribution is 7.98. The number of nitrogens with zero attached hydrogens (tertiary/aromatic N) is 1. The molecule has 0 aliphatic carbocycles. The van der Waals surface area contributed by atoms with Crippen molar-refractivity contribution in [3.05, 3.63) is 0 Å². The van der Waals surface area contributed by atoms with E-state index in [1.165, 1.54) is 0 Å². The van der Waals surface area contributed by atoms with Gasteiger partial charge in [0.05, 0.1) is 0 Å². The molecule has 0 aromatic rings. The standard InChI is InChI=1S/C6H12N2O2S/c1-11-5-3-2-4-8-10-6(7)9/h4H,2-3,5H2,1H3,(H2,7,9). The minimum absolute atomic E-state index is 0.814. The van der Waals surface area contributed by atoms with Crippen LogP contribution in [0.4, 0.5) is 4.79 Å². The summed E-state index contributed by atoms with van der Waals surface area (Å²) in [6, 6.07) is 0. The van der Waals surface area contributed by atoms with Gasteiger partial charge in [-0.3, -0.25) is 4.84 Å². The molecule has 0 saturated carbocycles. The highest BCUT2D eigenvalue weighted by Crippen LogP contribution is 1.96. The van der Waals surface area contributed by atoms with Gasteiger partial charge in [-0.25, -0.2) is 4.79 Å². The largest absolute Gasteiger partial charge is 0.430 e. The summed E-state index contributed by atoms with van der Waals surface area (Å²) in [5.41, 5.74) is 4.65. The van der Waals surface area contributed by atoms with E-state index in [2.05, 4.69) is 15.7 Å². The molecule has 0 aliphatic heterocycles. The Hall–Kier alpha value is -0.710. The second kappa shape index (κ2) is 7.40. The zero-order valence-electron chi connectivity index (χ0n) is 6.45. The molecule has 0 spiro atoms. The summed E-state index contributed by atoms with van der Waals surface area (Å²) in [6.45, 7) is 0. The van der Waals surface area contributed by atoms with E-state index in [0.29, 0.717) is 0 Å². The molecule has 0 aromatic carbocycles. The summed E-state index contributed by atoms with van der Waals surface area (Å²) in [5, 5.41) is 3.33. The maximum Gasteiger partial charge on any atom is 0.430 e. The number of unbranched alkanes of at least 4 members (excludes halogenated alkanes) is 1. The SMILES string of the molecule is CSCCCC=NOC(N)=O. The molecular formula is C6H12N2O2S. The Morgan fingerprint density at radius 1 is 1.82 bits per heavy atom. The zero-order valence-corrected chi connectivity index (χ0v) is 7.26. The van der Waals surface area contributed by atoms with E-state index in [9.17, 15) is 4.79 Å². The summed E-state index contributed by atoms with van der Waals surface area (Å²) in [4.78, 5) is 14.1. The van der Waals surface area contributed by atoms with Gasteiger partial charge in [0, 0.05) is 6.21 Å². The van der Waals surface area contributed by atoms with Gasteiger partial charge in [0.15, 0.2) is 0 Å². The number of rotatable bonds is 5. The van der Waals surface area contributed by atoms with Crippen molar-refractivity contribution in [3.63, 3.8) is 0 Å². The number of amides is 1. The van der Waals surface area contributed by atoms with Gasteiger partial charge in [-0.05, 0) is 24.9 Å². The number of oxime groups is 1. The van der Waals surface area contributed by atoms with Gasteiger partial charge >= 0.3 is 6.09 Å². The first-order valence-corrected chi connectivity index (χ1v) is 4.64. The summed E-state index contributed by atoms with van der Waals surface area (Å²) in [7, 11) is 0. The third-order valence-electron chi connectivity index (χ3n) is 0.899. The third-order valence-corrected chi connectivity index (χ3v) is 1.60. The molecule has 11 heavy (non-hydrogen) atoms. The van der Waals surface area contributed by atoms with Crippen molar-refractivity contribution >= 4 is 24.1 Å². The number of thioether (sulfide) groups is 1. The number of hydrogen-bond acceptors (Lipinski definition) is 4. The average molecular weight is 176 g/mol. The molecular weight excluding hydrogens is 164 g/mol. The van der Waals surface area contributed by atoms with Crippen molar-refractivity contribution in [1.29, 1.82) is 0 Å². The summed E-state index contributed by atoms with van der Waals surface area (Å²) in [5.74, 6) is 1.09. The van der Waals surface area contributed by atoms with Gasteiger partial charge in [-0.1, -0.05) is 5.16 Å². The molecule has 0 saturated heterocycles. The summed E-state index contributed by atoms with van der Waals surface area (Å²) in [6.07, 6.45) is 4.56. The van der Waals surface area contributed by atoms with Crippen molar-refractivity contribution in [2.45, 2.75) is 12.8 Å². The monoisotopic (exact) mass is 176 g/mol. The summed E-state index contributed by atoms with van der Waals surface area (Å²) >= 11 is 1.77. The van der Waals surface area contributed by atoms with Gasteiger partial charge in [-0.15, -0.1) is 0 Å². The highest BCUT2D eigenvalue weighted by atomic mass is 32.2. The van der Waals surface area contributed by atoms with E-state index in [1.54, 1.807) is 18.0 Å². The molecule has 1 amide bonds. The lowest BCUT2D eigenvalue weighted by molar-refractivity contribution is 0.162. The van der Waals surface area contributed by atoms with Crippen LogP contribution in [0.2, 0.25) is 0 Å². The lowest BCUT2D eigenvalue weighted by Crippen LogP contribution is -2.09. The van der Waals surface area contributed by atoms with Crippen molar-refractivity contribution in [2.75, 3.05) is 12.0 Å². The fraction of sp³-hybridized carbons (Fsp3) is 0.667. The molecule has 0 unspecified atom stereocenters. The topological polar surface area (TPSA) is 64.7 Å². The number of nitrogens with two attached hydrogens (primary N) is 1. The molecule has 2 N–H and O–H groups in total. The fourth-order valence-corrected chi connectivity index (χ4v) is 0.916. The number of hydrogen-bond donors (Lipinski definition) is 1. The molecule has 0 bridgehead atoms. The fourth-order valence-electron chi connectivity index (χ4n) is 0.461. The maximum absolute atomic E-state index is 9.97. The Labute approximate surface area is 70.2 Å². The van der Waals surface area contributed by atoms with Gasteiger partial charge in [0.2, 0.25) is 0 Å². The van der Waals surface area contributed by atoms with Crippen molar-refractivity contribution in [1.82, 2.24) is 0 Å². The Morgan fingerprint density at radius 3 is 3.09 bits per heavy atom. The molecule has 0 aromatic heterocycles. The lowest BCUT2D eigenvalue weighted by atomic mass is 10.4. The van der Waals surface area contributed by atoms with Gasteiger partial charge < -0.3 is 5.73 Å². The number of primary amides is 1. The van der Waals surface area contributed by atoms with E-state index >= 15 is 0 Å².